The highest BCUT2D eigenvalue weighted by molar-refractivity contribution is 7.07. The zero-order valence-corrected chi connectivity index (χ0v) is 13.8. The van der Waals surface area contributed by atoms with Gasteiger partial charge in [0, 0.05) is 56.9 Å². The summed E-state index contributed by atoms with van der Waals surface area (Å²) in [5.74, 6) is 0.155. The van der Waals surface area contributed by atoms with Crippen molar-refractivity contribution < 1.29 is 9.53 Å². The summed E-state index contributed by atoms with van der Waals surface area (Å²) in [6, 6.07) is 0. The van der Waals surface area contributed by atoms with E-state index in [0.29, 0.717) is 6.61 Å². The summed E-state index contributed by atoms with van der Waals surface area (Å²) < 4.78 is 7.30. The molecule has 2 aliphatic heterocycles. The molecule has 22 heavy (non-hydrogen) atoms. The number of aryl methyl sites for hydroxylation is 1. The van der Waals surface area contributed by atoms with Crippen LogP contribution >= 0.6 is 11.3 Å². The number of hydrogen-bond donors (Lipinski definition) is 0. The van der Waals surface area contributed by atoms with Crippen LogP contribution in [0, 0.1) is 6.92 Å². The summed E-state index contributed by atoms with van der Waals surface area (Å²) in [5, 5.41) is 1.90. The highest BCUT2D eigenvalue weighted by Crippen LogP contribution is 2.16. The van der Waals surface area contributed by atoms with E-state index in [-0.39, 0.29) is 16.9 Å². The molecule has 1 aromatic rings. The van der Waals surface area contributed by atoms with Gasteiger partial charge in [-0.25, -0.2) is 0 Å². The van der Waals surface area contributed by atoms with Crippen LogP contribution in [0.1, 0.15) is 18.5 Å². The van der Waals surface area contributed by atoms with E-state index in [1.54, 1.807) is 0 Å². The SMILES string of the molecule is Cc1csc(=O)n1CCN1CCN(C(=O)C2CCCO2)CC1. The second-order valence-electron chi connectivity index (χ2n) is 5.96. The molecule has 2 fully saturated rings. The van der Waals surface area contributed by atoms with E-state index in [1.807, 2.05) is 21.8 Å². The molecule has 3 rings (SSSR count). The molecule has 1 amide bonds. The molecular formula is C15H23N3O3S. The van der Waals surface area contributed by atoms with E-state index in [2.05, 4.69) is 4.90 Å². The van der Waals surface area contributed by atoms with E-state index in [4.69, 9.17) is 4.74 Å². The highest BCUT2D eigenvalue weighted by atomic mass is 32.1. The van der Waals surface area contributed by atoms with Crippen LogP contribution in [0.25, 0.3) is 0 Å². The van der Waals surface area contributed by atoms with E-state index in [1.165, 1.54) is 11.3 Å². The molecular weight excluding hydrogens is 302 g/mol. The first kappa shape index (κ1) is 15.7. The lowest BCUT2D eigenvalue weighted by Gasteiger charge is -2.35. The number of aromatic nitrogens is 1. The molecule has 122 valence electrons. The molecule has 0 aromatic carbocycles. The van der Waals surface area contributed by atoms with Gasteiger partial charge in [-0.1, -0.05) is 11.3 Å². The van der Waals surface area contributed by atoms with Gasteiger partial charge >= 0.3 is 4.87 Å². The van der Waals surface area contributed by atoms with E-state index < -0.39 is 0 Å². The monoisotopic (exact) mass is 325 g/mol. The number of carbonyl (C=O) groups excluding carboxylic acids is 1. The Bertz CT molecular complexity index is 569. The molecule has 1 atom stereocenters. The smallest absolute Gasteiger partial charge is 0.307 e. The Morgan fingerprint density at radius 3 is 2.68 bits per heavy atom. The van der Waals surface area contributed by atoms with Crippen LogP contribution in [0.2, 0.25) is 0 Å². The van der Waals surface area contributed by atoms with Crippen molar-refractivity contribution in [2.24, 2.45) is 0 Å². The van der Waals surface area contributed by atoms with Crippen molar-refractivity contribution >= 4 is 17.2 Å². The van der Waals surface area contributed by atoms with Crippen molar-refractivity contribution in [3.8, 4) is 0 Å². The number of thiazole rings is 1. The lowest BCUT2D eigenvalue weighted by Crippen LogP contribution is -2.51. The minimum absolute atomic E-state index is 0.115. The molecule has 1 unspecified atom stereocenters. The molecule has 3 heterocycles. The Morgan fingerprint density at radius 2 is 2.09 bits per heavy atom. The third kappa shape index (κ3) is 3.42. The van der Waals surface area contributed by atoms with Crippen LogP contribution in [-0.4, -0.2) is 65.7 Å². The lowest BCUT2D eigenvalue weighted by atomic mass is 10.2. The highest BCUT2D eigenvalue weighted by Gasteiger charge is 2.30. The summed E-state index contributed by atoms with van der Waals surface area (Å²) in [4.78, 5) is 28.3. The standard InChI is InChI=1S/C15H23N3O3S/c1-12-11-22-15(20)18(12)9-6-16-4-7-17(8-5-16)14(19)13-3-2-10-21-13/h11,13H,2-10H2,1H3. The Hall–Kier alpha value is -1.18. The number of amides is 1. The van der Waals surface area contributed by atoms with Crippen molar-refractivity contribution in [3.05, 3.63) is 20.7 Å². The minimum atomic E-state index is -0.210. The number of piperazine rings is 1. The Labute approximate surface area is 134 Å². The predicted octanol–water partition coefficient (Wildman–Crippen LogP) is 0.541. The third-order valence-corrected chi connectivity index (χ3v) is 5.39. The van der Waals surface area contributed by atoms with Gasteiger partial charge in [0.15, 0.2) is 0 Å². The molecule has 0 aliphatic carbocycles. The fourth-order valence-corrected chi connectivity index (χ4v) is 3.85. The van der Waals surface area contributed by atoms with Gasteiger partial charge < -0.3 is 14.2 Å². The van der Waals surface area contributed by atoms with Gasteiger partial charge in [-0.2, -0.15) is 0 Å². The largest absolute Gasteiger partial charge is 0.368 e. The molecule has 6 nitrogen and oxygen atoms in total. The maximum absolute atomic E-state index is 12.3. The van der Waals surface area contributed by atoms with Gasteiger partial charge in [-0.15, -0.1) is 0 Å². The Morgan fingerprint density at radius 1 is 1.32 bits per heavy atom. The molecule has 1 aromatic heterocycles. The van der Waals surface area contributed by atoms with Crippen molar-refractivity contribution in [1.29, 1.82) is 0 Å². The van der Waals surface area contributed by atoms with Crippen molar-refractivity contribution in [2.75, 3.05) is 39.3 Å². The van der Waals surface area contributed by atoms with Crippen LogP contribution in [0.4, 0.5) is 0 Å². The van der Waals surface area contributed by atoms with Gasteiger partial charge in [0.25, 0.3) is 5.91 Å². The summed E-state index contributed by atoms with van der Waals surface area (Å²) in [5.41, 5.74) is 1.03. The van der Waals surface area contributed by atoms with Crippen LogP contribution in [0.15, 0.2) is 10.2 Å². The second kappa shape index (κ2) is 6.93. The van der Waals surface area contributed by atoms with Crippen LogP contribution in [0.3, 0.4) is 0 Å². The first-order valence-electron chi connectivity index (χ1n) is 7.93. The van der Waals surface area contributed by atoms with Gasteiger partial charge in [0.2, 0.25) is 0 Å². The first-order chi connectivity index (χ1) is 10.6. The van der Waals surface area contributed by atoms with E-state index >= 15 is 0 Å². The van der Waals surface area contributed by atoms with Crippen molar-refractivity contribution in [2.45, 2.75) is 32.4 Å². The van der Waals surface area contributed by atoms with Crippen LogP contribution in [0.5, 0.6) is 0 Å². The molecule has 2 saturated heterocycles. The number of nitrogens with zero attached hydrogens (tertiary/aromatic N) is 3. The molecule has 0 radical (unpaired) electrons. The van der Waals surface area contributed by atoms with Gasteiger partial charge in [-0.3, -0.25) is 14.5 Å². The fourth-order valence-electron chi connectivity index (χ4n) is 3.08. The zero-order chi connectivity index (χ0) is 15.5. The molecule has 0 spiro atoms. The topological polar surface area (TPSA) is 54.8 Å². The van der Waals surface area contributed by atoms with Crippen molar-refractivity contribution in [1.82, 2.24) is 14.4 Å². The normalized spacial score (nSPS) is 23.1. The van der Waals surface area contributed by atoms with Gasteiger partial charge in [0.1, 0.15) is 6.10 Å². The Balaban J connectivity index is 1.45. The van der Waals surface area contributed by atoms with Crippen LogP contribution in [-0.2, 0) is 16.1 Å². The molecule has 0 saturated carbocycles. The molecule has 0 bridgehead atoms. The summed E-state index contributed by atoms with van der Waals surface area (Å²) in [6.07, 6.45) is 1.64. The number of carbonyl (C=O) groups is 1. The van der Waals surface area contributed by atoms with E-state index in [9.17, 15) is 9.59 Å². The van der Waals surface area contributed by atoms with Crippen LogP contribution < -0.4 is 4.87 Å². The summed E-state index contributed by atoms with van der Waals surface area (Å²) in [6.45, 7) is 7.54. The van der Waals surface area contributed by atoms with Gasteiger partial charge in [-0.05, 0) is 19.8 Å². The Kier molecular flexibility index (Phi) is 4.95. The fraction of sp³-hybridized carbons (Fsp3) is 0.733. The van der Waals surface area contributed by atoms with Crippen molar-refractivity contribution in [3.63, 3.8) is 0 Å². The molecule has 0 N–H and O–H groups in total. The number of rotatable bonds is 4. The molecule has 2 aliphatic rings. The minimum Gasteiger partial charge on any atom is -0.368 e. The number of ether oxygens (including phenoxy) is 1. The maximum Gasteiger partial charge on any atom is 0.307 e. The second-order valence-corrected chi connectivity index (χ2v) is 6.78. The maximum atomic E-state index is 12.3. The predicted molar refractivity (Wildman–Crippen MR) is 85.3 cm³/mol. The average Bonchev–Trinajstić information content (AvgIpc) is 3.17. The first-order valence-corrected chi connectivity index (χ1v) is 8.81. The van der Waals surface area contributed by atoms with E-state index in [0.717, 1.165) is 57.8 Å². The lowest BCUT2D eigenvalue weighted by molar-refractivity contribution is -0.142. The molecule has 7 heteroatoms. The average molecular weight is 325 g/mol. The zero-order valence-electron chi connectivity index (χ0n) is 13.0. The third-order valence-electron chi connectivity index (χ3n) is 4.51. The summed E-state index contributed by atoms with van der Waals surface area (Å²) >= 11 is 1.26. The quantitative estimate of drug-likeness (QED) is 0.811. The summed E-state index contributed by atoms with van der Waals surface area (Å²) in [7, 11) is 0. The number of hydrogen-bond acceptors (Lipinski definition) is 5. The van der Waals surface area contributed by atoms with Gasteiger partial charge in [0.05, 0.1) is 0 Å².